The van der Waals surface area contributed by atoms with Crippen molar-refractivity contribution in [1.82, 2.24) is 5.32 Å². The molecule has 2 nitrogen and oxygen atoms in total. The summed E-state index contributed by atoms with van der Waals surface area (Å²) < 4.78 is 7.24. The largest absolute Gasteiger partial charge is 0.496 e. The first-order chi connectivity index (χ1) is 9.88. The fraction of sp³-hybridized carbons (Fsp3) is 0.412. The summed E-state index contributed by atoms with van der Waals surface area (Å²) in [7, 11) is 0. The highest BCUT2D eigenvalue weighted by atomic mass is 32.1. The fourth-order valence-corrected chi connectivity index (χ4v) is 3.70. The van der Waals surface area contributed by atoms with Gasteiger partial charge in [-0.3, -0.25) is 0 Å². The monoisotopic (exact) mass is 287 g/mol. The predicted octanol–water partition coefficient (Wildman–Crippen LogP) is 4.64. The molecule has 2 heterocycles. The van der Waals surface area contributed by atoms with Crippen LogP contribution in [0.1, 0.15) is 37.1 Å². The summed E-state index contributed by atoms with van der Waals surface area (Å²) in [5, 5.41) is 4.96. The maximum atomic E-state index is 5.89. The van der Waals surface area contributed by atoms with E-state index in [9.17, 15) is 0 Å². The van der Waals surface area contributed by atoms with E-state index in [2.05, 4.69) is 48.6 Å². The molecule has 1 aromatic carbocycles. The summed E-state index contributed by atoms with van der Waals surface area (Å²) in [6, 6.07) is 11.1. The molecule has 106 valence electrons. The van der Waals surface area contributed by atoms with Crippen molar-refractivity contribution in [2.75, 3.05) is 13.2 Å². The lowest BCUT2D eigenvalue weighted by Gasteiger charge is -2.24. The number of benzene rings is 1. The smallest absolute Gasteiger partial charge is 0.114 e. The van der Waals surface area contributed by atoms with Crippen molar-refractivity contribution in [1.29, 1.82) is 0 Å². The van der Waals surface area contributed by atoms with Crippen molar-refractivity contribution in [3.8, 4) is 0 Å². The molecule has 0 saturated carbocycles. The van der Waals surface area contributed by atoms with Gasteiger partial charge in [-0.05, 0) is 49.4 Å². The van der Waals surface area contributed by atoms with Crippen molar-refractivity contribution in [2.24, 2.45) is 0 Å². The second-order valence-electron chi connectivity index (χ2n) is 5.17. The van der Waals surface area contributed by atoms with Gasteiger partial charge >= 0.3 is 0 Å². The molecule has 1 aromatic heterocycles. The third kappa shape index (κ3) is 2.89. The minimum atomic E-state index is 0.215. The van der Waals surface area contributed by atoms with E-state index in [1.54, 1.807) is 0 Å². The molecule has 0 radical (unpaired) electrons. The molecule has 20 heavy (non-hydrogen) atoms. The van der Waals surface area contributed by atoms with Crippen LogP contribution in [0.5, 0.6) is 0 Å². The van der Waals surface area contributed by atoms with E-state index >= 15 is 0 Å². The van der Waals surface area contributed by atoms with Gasteiger partial charge in [-0.2, -0.15) is 0 Å². The van der Waals surface area contributed by atoms with Gasteiger partial charge in [0.15, 0.2) is 0 Å². The van der Waals surface area contributed by atoms with Crippen LogP contribution in [-0.2, 0) is 4.74 Å². The van der Waals surface area contributed by atoms with Crippen LogP contribution in [0.15, 0.2) is 42.2 Å². The molecule has 2 aromatic rings. The van der Waals surface area contributed by atoms with Crippen LogP contribution in [0.2, 0.25) is 0 Å². The van der Waals surface area contributed by atoms with Gasteiger partial charge in [0.1, 0.15) is 5.76 Å². The van der Waals surface area contributed by atoms with Gasteiger partial charge in [0.25, 0.3) is 0 Å². The quantitative estimate of drug-likeness (QED) is 0.865. The summed E-state index contributed by atoms with van der Waals surface area (Å²) in [6.45, 7) is 4.06. The number of fused-ring (bicyclic) bond motifs is 1. The molecular formula is C17H21NOS. The summed E-state index contributed by atoms with van der Waals surface area (Å²) in [6.07, 6.45) is 5.65. The summed E-state index contributed by atoms with van der Waals surface area (Å²) in [5.74, 6) is 1.11. The van der Waals surface area contributed by atoms with Gasteiger partial charge in [-0.15, -0.1) is 11.3 Å². The zero-order valence-corrected chi connectivity index (χ0v) is 12.7. The van der Waals surface area contributed by atoms with E-state index in [4.69, 9.17) is 4.74 Å². The third-order valence-corrected chi connectivity index (χ3v) is 4.76. The molecule has 0 bridgehead atoms. The molecule has 0 aliphatic carbocycles. The highest BCUT2D eigenvalue weighted by Gasteiger charge is 2.21. The lowest BCUT2D eigenvalue weighted by molar-refractivity contribution is 0.168. The normalized spacial score (nSPS) is 16.8. The number of ether oxygens (including phenoxy) is 1. The molecular weight excluding hydrogens is 266 g/mol. The molecule has 1 atom stereocenters. The van der Waals surface area contributed by atoms with Crippen LogP contribution < -0.4 is 5.32 Å². The second kappa shape index (κ2) is 6.42. The summed E-state index contributed by atoms with van der Waals surface area (Å²) >= 11 is 1.87. The van der Waals surface area contributed by atoms with Crippen molar-refractivity contribution in [3.63, 3.8) is 0 Å². The SMILES string of the molecule is CCCNC(C1=CCCCO1)c1cc2ccccc2s1. The predicted molar refractivity (Wildman–Crippen MR) is 86.1 cm³/mol. The Kier molecular flexibility index (Phi) is 4.38. The molecule has 0 spiro atoms. The number of hydrogen-bond acceptors (Lipinski definition) is 3. The van der Waals surface area contributed by atoms with E-state index < -0.39 is 0 Å². The molecule has 3 heteroatoms. The first-order valence-electron chi connectivity index (χ1n) is 7.43. The maximum absolute atomic E-state index is 5.89. The number of allylic oxidation sites excluding steroid dienone is 1. The molecule has 0 amide bonds. The maximum Gasteiger partial charge on any atom is 0.114 e. The van der Waals surface area contributed by atoms with Crippen LogP contribution in [0.4, 0.5) is 0 Å². The van der Waals surface area contributed by atoms with Crippen LogP contribution >= 0.6 is 11.3 Å². The van der Waals surface area contributed by atoms with Crippen molar-refractivity contribution < 1.29 is 4.74 Å². The van der Waals surface area contributed by atoms with Crippen molar-refractivity contribution in [3.05, 3.63) is 47.0 Å². The van der Waals surface area contributed by atoms with E-state index in [0.29, 0.717) is 0 Å². The third-order valence-electron chi connectivity index (χ3n) is 3.57. The molecule has 1 unspecified atom stereocenters. The lowest BCUT2D eigenvalue weighted by atomic mass is 10.1. The van der Waals surface area contributed by atoms with Gasteiger partial charge in [-0.25, -0.2) is 0 Å². The molecule has 1 N–H and O–H groups in total. The number of rotatable bonds is 5. The fourth-order valence-electron chi connectivity index (χ4n) is 2.55. The molecule has 1 aliphatic rings. The molecule has 0 fully saturated rings. The number of nitrogens with one attached hydrogen (secondary N) is 1. The summed E-state index contributed by atoms with van der Waals surface area (Å²) in [4.78, 5) is 1.35. The first-order valence-corrected chi connectivity index (χ1v) is 8.25. The Hall–Kier alpha value is -1.32. The van der Waals surface area contributed by atoms with E-state index in [-0.39, 0.29) is 6.04 Å². The minimum Gasteiger partial charge on any atom is -0.496 e. The average molecular weight is 287 g/mol. The lowest BCUT2D eigenvalue weighted by Crippen LogP contribution is -2.25. The van der Waals surface area contributed by atoms with Crippen molar-refractivity contribution in [2.45, 2.75) is 32.2 Å². The Bertz CT molecular complexity index is 569. The Balaban J connectivity index is 1.92. The standard InChI is InChI=1S/C17H21NOS/c1-2-10-18-17(14-8-5-6-11-19-14)16-12-13-7-3-4-9-15(13)20-16/h3-4,7-9,12,17-18H,2,5-6,10-11H2,1H3. The van der Waals surface area contributed by atoms with Gasteiger partial charge in [0, 0.05) is 9.58 Å². The van der Waals surface area contributed by atoms with Crippen LogP contribution in [-0.4, -0.2) is 13.2 Å². The van der Waals surface area contributed by atoms with E-state index in [0.717, 1.165) is 38.2 Å². The molecule has 3 rings (SSSR count). The van der Waals surface area contributed by atoms with E-state index in [1.807, 2.05) is 11.3 Å². The highest BCUT2D eigenvalue weighted by molar-refractivity contribution is 7.19. The van der Waals surface area contributed by atoms with Gasteiger partial charge in [-0.1, -0.05) is 25.1 Å². The van der Waals surface area contributed by atoms with Gasteiger partial charge < -0.3 is 10.1 Å². The average Bonchev–Trinajstić information content (AvgIpc) is 2.92. The van der Waals surface area contributed by atoms with E-state index in [1.165, 1.54) is 15.0 Å². The van der Waals surface area contributed by atoms with Crippen molar-refractivity contribution >= 4 is 21.4 Å². The Morgan fingerprint density at radius 3 is 3.00 bits per heavy atom. The van der Waals surface area contributed by atoms with Crippen LogP contribution in [0, 0.1) is 0 Å². The van der Waals surface area contributed by atoms with Gasteiger partial charge in [0.05, 0.1) is 12.6 Å². The number of hydrogen-bond donors (Lipinski definition) is 1. The number of thiophene rings is 1. The topological polar surface area (TPSA) is 21.3 Å². The Labute approximate surface area is 124 Å². The Morgan fingerprint density at radius 1 is 1.35 bits per heavy atom. The van der Waals surface area contributed by atoms with Crippen LogP contribution in [0.25, 0.3) is 10.1 Å². The second-order valence-corrected chi connectivity index (χ2v) is 6.29. The highest BCUT2D eigenvalue weighted by Crippen LogP contribution is 2.34. The van der Waals surface area contributed by atoms with Gasteiger partial charge in [0.2, 0.25) is 0 Å². The summed E-state index contributed by atoms with van der Waals surface area (Å²) in [5.41, 5.74) is 0. The van der Waals surface area contributed by atoms with Crippen LogP contribution in [0.3, 0.4) is 0 Å². The molecule has 0 saturated heterocycles. The zero-order chi connectivity index (χ0) is 13.8. The molecule has 1 aliphatic heterocycles. The first kappa shape index (κ1) is 13.7. The zero-order valence-electron chi connectivity index (χ0n) is 11.9. The Morgan fingerprint density at radius 2 is 2.25 bits per heavy atom. The minimum absolute atomic E-state index is 0.215.